The van der Waals surface area contributed by atoms with Crippen molar-refractivity contribution in [2.75, 3.05) is 31.5 Å². The van der Waals surface area contributed by atoms with Gasteiger partial charge in [0, 0.05) is 25.0 Å². The van der Waals surface area contributed by atoms with Crippen LogP contribution in [0.3, 0.4) is 0 Å². The van der Waals surface area contributed by atoms with Crippen molar-refractivity contribution >= 4 is 22.6 Å². The largest absolute Gasteiger partial charge is 0.369 e. The molecule has 0 saturated carbocycles. The fourth-order valence-electron chi connectivity index (χ4n) is 3.62. The Labute approximate surface area is 149 Å². The molecule has 0 radical (unpaired) electrons. The average Bonchev–Trinajstić information content (AvgIpc) is 2.59. The van der Waals surface area contributed by atoms with E-state index in [1.165, 1.54) is 22.1 Å². The molecule has 5 heteroatoms. The molecular formula is C20H28N4O. The second-order valence-corrected chi connectivity index (χ2v) is 7.20. The molecule has 134 valence electrons. The molecule has 1 unspecified atom stereocenters. The van der Waals surface area contributed by atoms with Gasteiger partial charge in [-0.25, -0.2) is 4.98 Å². The number of hydrogen-bond donors (Lipinski definition) is 2. The van der Waals surface area contributed by atoms with Crippen molar-refractivity contribution < 1.29 is 4.79 Å². The highest BCUT2D eigenvalue weighted by Gasteiger charge is 2.23. The number of fused-ring (bicyclic) bond motifs is 1. The Morgan fingerprint density at radius 1 is 1.32 bits per heavy atom. The second kappa shape index (κ2) is 7.40. The van der Waals surface area contributed by atoms with Gasteiger partial charge in [-0.15, -0.1) is 0 Å². The molecule has 1 aliphatic heterocycles. The Bertz CT molecular complexity index is 787. The normalized spacial score (nSPS) is 18.4. The number of amides is 1. The van der Waals surface area contributed by atoms with Crippen molar-refractivity contribution in [3.63, 3.8) is 0 Å². The summed E-state index contributed by atoms with van der Waals surface area (Å²) in [7, 11) is 0. The number of piperidine rings is 1. The Kier molecular flexibility index (Phi) is 5.23. The molecule has 3 rings (SSSR count). The van der Waals surface area contributed by atoms with Gasteiger partial charge >= 0.3 is 0 Å². The van der Waals surface area contributed by atoms with E-state index in [9.17, 15) is 4.79 Å². The molecule has 0 bridgehead atoms. The fraction of sp³-hybridized carbons (Fsp3) is 0.500. The van der Waals surface area contributed by atoms with Gasteiger partial charge in [-0.3, -0.25) is 4.79 Å². The standard InChI is InChI=1S/C20H28N4O/c1-13-6-7-17-14(2)11-18(23-19(17)15(13)3)22-8-10-24-9-4-5-16(12-24)20(21)25/h6-7,11,16H,4-5,8-10,12H2,1-3H3,(H2,21,25)(H,22,23). The van der Waals surface area contributed by atoms with Crippen LogP contribution in [0.2, 0.25) is 0 Å². The van der Waals surface area contributed by atoms with Crippen LogP contribution in [0, 0.1) is 26.7 Å². The summed E-state index contributed by atoms with van der Waals surface area (Å²) in [5, 5.41) is 4.66. The smallest absolute Gasteiger partial charge is 0.221 e. The summed E-state index contributed by atoms with van der Waals surface area (Å²) < 4.78 is 0. The van der Waals surface area contributed by atoms with Crippen molar-refractivity contribution in [1.29, 1.82) is 0 Å². The molecule has 1 fully saturated rings. The number of nitrogens with zero attached hydrogens (tertiary/aromatic N) is 2. The van der Waals surface area contributed by atoms with Crippen LogP contribution in [0.4, 0.5) is 5.82 Å². The Hall–Kier alpha value is -2.14. The lowest BCUT2D eigenvalue weighted by Crippen LogP contribution is -2.42. The molecule has 3 N–H and O–H groups in total. The van der Waals surface area contributed by atoms with Crippen molar-refractivity contribution in [2.45, 2.75) is 33.6 Å². The van der Waals surface area contributed by atoms with Crippen LogP contribution in [0.1, 0.15) is 29.5 Å². The second-order valence-electron chi connectivity index (χ2n) is 7.20. The van der Waals surface area contributed by atoms with Gasteiger partial charge in [-0.2, -0.15) is 0 Å². The summed E-state index contributed by atoms with van der Waals surface area (Å²) in [5.41, 5.74) is 10.3. The van der Waals surface area contributed by atoms with Gasteiger partial charge < -0.3 is 16.0 Å². The van der Waals surface area contributed by atoms with E-state index in [4.69, 9.17) is 10.7 Å². The number of nitrogens with one attached hydrogen (secondary N) is 1. The van der Waals surface area contributed by atoms with Crippen molar-refractivity contribution in [1.82, 2.24) is 9.88 Å². The van der Waals surface area contributed by atoms with E-state index < -0.39 is 0 Å². The van der Waals surface area contributed by atoms with Crippen LogP contribution >= 0.6 is 0 Å². The molecule has 0 aliphatic carbocycles. The van der Waals surface area contributed by atoms with E-state index in [1.54, 1.807) is 0 Å². The quantitative estimate of drug-likeness (QED) is 0.878. The number of rotatable bonds is 5. The Balaban J connectivity index is 1.65. The monoisotopic (exact) mass is 340 g/mol. The first-order valence-corrected chi connectivity index (χ1v) is 9.09. The Morgan fingerprint density at radius 3 is 2.88 bits per heavy atom. The molecule has 1 amide bonds. The lowest BCUT2D eigenvalue weighted by molar-refractivity contribution is -0.123. The zero-order chi connectivity index (χ0) is 18.0. The number of anilines is 1. The van der Waals surface area contributed by atoms with Crippen molar-refractivity contribution in [2.24, 2.45) is 11.7 Å². The third-order valence-electron chi connectivity index (χ3n) is 5.35. The van der Waals surface area contributed by atoms with Crippen LogP contribution in [0.5, 0.6) is 0 Å². The zero-order valence-electron chi connectivity index (χ0n) is 15.4. The van der Waals surface area contributed by atoms with Crippen molar-refractivity contribution in [3.8, 4) is 0 Å². The molecular weight excluding hydrogens is 312 g/mol. The molecule has 1 atom stereocenters. The van der Waals surface area contributed by atoms with E-state index in [2.05, 4.69) is 49.2 Å². The maximum absolute atomic E-state index is 11.4. The number of benzene rings is 1. The van der Waals surface area contributed by atoms with Gasteiger partial charge in [0.2, 0.25) is 5.91 Å². The SMILES string of the molecule is Cc1ccc2c(C)cc(NCCN3CCCC(C(N)=O)C3)nc2c1C. The molecule has 1 aromatic carbocycles. The third kappa shape index (κ3) is 3.93. The summed E-state index contributed by atoms with van der Waals surface area (Å²) in [4.78, 5) is 18.5. The van der Waals surface area contributed by atoms with Gasteiger partial charge in [0.1, 0.15) is 5.82 Å². The van der Waals surface area contributed by atoms with Gasteiger partial charge in [-0.1, -0.05) is 12.1 Å². The molecule has 5 nitrogen and oxygen atoms in total. The van der Waals surface area contributed by atoms with E-state index in [0.29, 0.717) is 0 Å². The minimum atomic E-state index is -0.171. The third-order valence-corrected chi connectivity index (χ3v) is 5.35. The summed E-state index contributed by atoms with van der Waals surface area (Å²) in [6.45, 7) is 9.91. The van der Waals surface area contributed by atoms with E-state index in [1.807, 2.05) is 0 Å². The molecule has 2 heterocycles. The van der Waals surface area contributed by atoms with Crippen LogP contribution in [-0.4, -0.2) is 42.0 Å². The minimum Gasteiger partial charge on any atom is -0.369 e. The van der Waals surface area contributed by atoms with E-state index in [-0.39, 0.29) is 11.8 Å². The molecule has 2 aromatic rings. The van der Waals surface area contributed by atoms with Crippen LogP contribution in [0.25, 0.3) is 10.9 Å². The highest BCUT2D eigenvalue weighted by Crippen LogP contribution is 2.25. The molecule has 1 aliphatic rings. The first-order chi connectivity index (χ1) is 12.0. The lowest BCUT2D eigenvalue weighted by Gasteiger charge is -2.31. The van der Waals surface area contributed by atoms with E-state index >= 15 is 0 Å². The number of aryl methyl sites for hydroxylation is 3. The molecule has 0 spiro atoms. The zero-order valence-corrected chi connectivity index (χ0v) is 15.4. The number of primary amides is 1. The number of nitrogens with two attached hydrogens (primary N) is 1. The van der Waals surface area contributed by atoms with Crippen LogP contribution in [0.15, 0.2) is 18.2 Å². The summed E-state index contributed by atoms with van der Waals surface area (Å²) in [6.07, 6.45) is 1.96. The summed E-state index contributed by atoms with van der Waals surface area (Å²) in [6, 6.07) is 6.42. The van der Waals surface area contributed by atoms with Gasteiger partial charge in [-0.05, 0) is 62.9 Å². The first kappa shape index (κ1) is 17.7. The highest BCUT2D eigenvalue weighted by atomic mass is 16.1. The number of aromatic nitrogens is 1. The number of hydrogen-bond acceptors (Lipinski definition) is 4. The average molecular weight is 340 g/mol. The van der Waals surface area contributed by atoms with E-state index in [0.717, 1.165) is 50.4 Å². The summed E-state index contributed by atoms with van der Waals surface area (Å²) in [5.74, 6) is 0.748. The Morgan fingerprint density at radius 2 is 2.12 bits per heavy atom. The van der Waals surface area contributed by atoms with Gasteiger partial charge in [0.15, 0.2) is 0 Å². The number of pyridine rings is 1. The predicted octanol–water partition coefficient (Wildman–Crippen LogP) is 2.77. The molecule has 25 heavy (non-hydrogen) atoms. The summed E-state index contributed by atoms with van der Waals surface area (Å²) >= 11 is 0. The fourth-order valence-corrected chi connectivity index (χ4v) is 3.62. The predicted molar refractivity (Wildman–Crippen MR) is 103 cm³/mol. The van der Waals surface area contributed by atoms with Crippen molar-refractivity contribution in [3.05, 3.63) is 34.9 Å². The maximum Gasteiger partial charge on any atom is 0.221 e. The highest BCUT2D eigenvalue weighted by molar-refractivity contribution is 5.87. The number of carbonyl (C=O) groups excluding carboxylic acids is 1. The number of likely N-dealkylation sites (tertiary alicyclic amines) is 1. The van der Waals surface area contributed by atoms with Gasteiger partial charge in [0.05, 0.1) is 11.4 Å². The van der Waals surface area contributed by atoms with Crippen LogP contribution in [-0.2, 0) is 4.79 Å². The number of carbonyl (C=O) groups is 1. The molecule has 1 saturated heterocycles. The maximum atomic E-state index is 11.4. The topological polar surface area (TPSA) is 71.2 Å². The molecule has 1 aromatic heterocycles. The van der Waals surface area contributed by atoms with Crippen LogP contribution < -0.4 is 11.1 Å². The lowest BCUT2D eigenvalue weighted by atomic mass is 9.97. The van der Waals surface area contributed by atoms with Gasteiger partial charge in [0.25, 0.3) is 0 Å². The first-order valence-electron chi connectivity index (χ1n) is 9.09. The minimum absolute atomic E-state index is 0.000383.